The van der Waals surface area contributed by atoms with Gasteiger partial charge in [-0.05, 0) is 11.8 Å². The van der Waals surface area contributed by atoms with Crippen molar-refractivity contribution in [1.82, 2.24) is 0 Å². The second-order valence-corrected chi connectivity index (χ2v) is 4.34. The number of rotatable bonds is 6. The van der Waals surface area contributed by atoms with Crippen LogP contribution in [0.25, 0.3) is 0 Å². The van der Waals surface area contributed by atoms with Crippen molar-refractivity contribution < 1.29 is 0 Å². The van der Waals surface area contributed by atoms with Crippen molar-refractivity contribution in [2.24, 2.45) is 11.8 Å². The van der Waals surface area contributed by atoms with Crippen LogP contribution in [0.4, 0.5) is 0 Å². The van der Waals surface area contributed by atoms with Gasteiger partial charge < -0.3 is 0 Å². The zero-order chi connectivity index (χ0) is 10.5. The minimum Gasteiger partial charge on any atom is -0.0987 e. The molecule has 0 fully saturated rings. The highest BCUT2D eigenvalue weighted by Crippen LogP contribution is 2.39. The second-order valence-electron chi connectivity index (χ2n) is 4.34. The molecule has 72 valence electrons. The molecule has 0 aromatic carbocycles. The van der Waals surface area contributed by atoms with Gasteiger partial charge in [0.05, 0.1) is 15.7 Å². The van der Waals surface area contributed by atoms with E-state index in [0.717, 1.165) is 6.42 Å². The summed E-state index contributed by atoms with van der Waals surface area (Å²) in [5, 5.41) is -0.509. The molecule has 0 aliphatic carbocycles. The van der Waals surface area contributed by atoms with E-state index in [-0.39, 0.29) is 0 Å². The van der Waals surface area contributed by atoms with E-state index < -0.39 is 5.21 Å². The van der Waals surface area contributed by atoms with Gasteiger partial charge in [-0.2, -0.15) is 0 Å². The highest BCUT2D eigenvalue weighted by molar-refractivity contribution is 6.39. The van der Waals surface area contributed by atoms with Gasteiger partial charge in [-0.1, -0.05) is 58.6 Å². The Hall–Kier alpha value is 0.130. The van der Waals surface area contributed by atoms with E-state index in [1.54, 1.807) is 0 Å². The van der Waals surface area contributed by atoms with Crippen molar-refractivity contribution in [2.45, 2.75) is 58.6 Å². The highest BCUT2D eigenvalue weighted by atomic mass is 14.3. The van der Waals surface area contributed by atoms with Gasteiger partial charge in [-0.15, -0.1) is 0 Å². The maximum Gasteiger partial charge on any atom is 0.0620 e. The molecule has 0 amide bonds. The molecular weight excluding hydrogens is 154 g/mol. The normalized spacial score (nSPS) is 16.9. The topological polar surface area (TPSA) is 0 Å². The van der Waals surface area contributed by atoms with Gasteiger partial charge in [0.2, 0.25) is 0 Å². The van der Waals surface area contributed by atoms with Gasteiger partial charge in [-0.25, -0.2) is 0 Å². The molecule has 0 rings (SSSR count). The fraction of sp³-hybridized carbons (Fsp3) is 1.00. The van der Waals surface area contributed by atoms with Crippen molar-refractivity contribution in [2.75, 3.05) is 0 Å². The van der Waals surface area contributed by atoms with Crippen LogP contribution in [-0.4, -0.2) is 15.7 Å². The number of hydrogen-bond acceptors (Lipinski definition) is 0. The van der Waals surface area contributed by atoms with Crippen LogP contribution in [-0.2, 0) is 0 Å². The maximum absolute atomic E-state index is 5.97. The summed E-state index contributed by atoms with van der Waals surface area (Å²) in [7, 11) is 11.9. The van der Waals surface area contributed by atoms with Crippen molar-refractivity contribution >= 4 is 15.7 Å². The van der Waals surface area contributed by atoms with Crippen LogP contribution < -0.4 is 0 Å². The summed E-state index contributed by atoms with van der Waals surface area (Å²) in [4.78, 5) is 0. The Morgan fingerprint density at radius 3 is 1.85 bits per heavy atom. The Labute approximate surface area is 86.7 Å². The van der Waals surface area contributed by atoms with E-state index in [2.05, 4.69) is 20.8 Å². The van der Waals surface area contributed by atoms with Crippen molar-refractivity contribution in [3.63, 3.8) is 0 Å². The summed E-state index contributed by atoms with van der Waals surface area (Å²) in [6, 6.07) is 0. The predicted molar refractivity (Wildman–Crippen MR) is 62.3 cm³/mol. The van der Waals surface area contributed by atoms with E-state index in [9.17, 15) is 0 Å². The quantitative estimate of drug-likeness (QED) is 0.544. The fourth-order valence-electron chi connectivity index (χ4n) is 2.34. The lowest BCUT2D eigenvalue weighted by Crippen LogP contribution is -2.27. The average Bonchev–Trinajstić information content (AvgIpc) is 2.01. The standard InChI is InChI=1S/C11H22B2/c1-5-8-9(6-2)10(7-3)11(4,12)13/h9-10H,5-8H2,1-4H3. The Bertz CT molecular complexity index is 127. The van der Waals surface area contributed by atoms with Gasteiger partial charge >= 0.3 is 0 Å². The van der Waals surface area contributed by atoms with Crippen LogP contribution in [0.2, 0.25) is 5.21 Å². The second kappa shape index (κ2) is 5.78. The van der Waals surface area contributed by atoms with Crippen molar-refractivity contribution in [1.29, 1.82) is 0 Å². The smallest absolute Gasteiger partial charge is 0.0620 e. The summed E-state index contributed by atoms with van der Waals surface area (Å²) >= 11 is 0. The molecule has 0 aromatic heterocycles. The molecule has 0 heterocycles. The van der Waals surface area contributed by atoms with Crippen molar-refractivity contribution in [3.8, 4) is 0 Å². The first-order chi connectivity index (χ1) is 5.97. The van der Waals surface area contributed by atoms with E-state index in [0.29, 0.717) is 11.8 Å². The molecular formula is C11H22B2. The minimum atomic E-state index is -0.509. The average molecular weight is 176 g/mol. The first-order valence-corrected chi connectivity index (χ1v) is 5.55. The molecule has 13 heavy (non-hydrogen) atoms. The molecule has 2 atom stereocenters. The molecule has 2 unspecified atom stereocenters. The molecule has 0 aliphatic heterocycles. The fourth-order valence-corrected chi connectivity index (χ4v) is 2.34. The maximum atomic E-state index is 5.97. The van der Waals surface area contributed by atoms with E-state index in [1.165, 1.54) is 19.3 Å². The summed E-state index contributed by atoms with van der Waals surface area (Å²) in [5.41, 5.74) is 0. The van der Waals surface area contributed by atoms with E-state index >= 15 is 0 Å². The molecule has 0 nitrogen and oxygen atoms in total. The largest absolute Gasteiger partial charge is 0.0987 e. The van der Waals surface area contributed by atoms with Gasteiger partial charge in [-0.3, -0.25) is 0 Å². The van der Waals surface area contributed by atoms with Crippen LogP contribution in [0.3, 0.4) is 0 Å². The Morgan fingerprint density at radius 2 is 1.62 bits per heavy atom. The van der Waals surface area contributed by atoms with Crippen LogP contribution in [0.1, 0.15) is 53.4 Å². The molecule has 2 heteroatoms. The van der Waals surface area contributed by atoms with Gasteiger partial charge in [0.1, 0.15) is 0 Å². The predicted octanol–water partition coefficient (Wildman–Crippen LogP) is 3.31. The zero-order valence-electron chi connectivity index (χ0n) is 9.64. The monoisotopic (exact) mass is 176 g/mol. The third-order valence-corrected chi connectivity index (χ3v) is 2.99. The van der Waals surface area contributed by atoms with E-state index in [1.807, 2.05) is 6.92 Å². The molecule has 0 N–H and O–H groups in total. The summed E-state index contributed by atoms with van der Waals surface area (Å²) < 4.78 is 0. The third kappa shape index (κ3) is 4.24. The first kappa shape index (κ1) is 13.1. The van der Waals surface area contributed by atoms with Crippen molar-refractivity contribution in [3.05, 3.63) is 0 Å². The summed E-state index contributed by atoms with van der Waals surface area (Å²) in [6.45, 7) is 8.58. The lowest BCUT2D eigenvalue weighted by Gasteiger charge is -2.37. The van der Waals surface area contributed by atoms with Crippen LogP contribution in [0.15, 0.2) is 0 Å². The first-order valence-electron chi connectivity index (χ1n) is 5.55. The zero-order valence-corrected chi connectivity index (χ0v) is 9.64. The highest BCUT2D eigenvalue weighted by Gasteiger charge is 2.27. The SMILES string of the molecule is [B]C([B])(C)C(CC)C(CC)CCC. The van der Waals surface area contributed by atoms with Crippen LogP contribution >= 0.6 is 0 Å². The van der Waals surface area contributed by atoms with Crippen LogP contribution in [0, 0.1) is 11.8 Å². The molecule has 0 bridgehead atoms. The number of hydrogen-bond donors (Lipinski definition) is 0. The Kier molecular flexibility index (Phi) is 5.83. The molecule has 4 radical (unpaired) electrons. The molecule has 0 saturated carbocycles. The van der Waals surface area contributed by atoms with E-state index in [4.69, 9.17) is 15.7 Å². The lowest BCUT2D eigenvalue weighted by molar-refractivity contribution is 0.268. The summed E-state index contributed by atoms with van der Waals surface area (Å²) in [5.74, 6) is 1.15. The molecule has 0 aromatic rings. The Balaban J connectivity index is 4.34. The Morgan fingerprint density at radius 1 is 1.08 bits per heavy atom. The lowest BCUT2D eigenvalue weighted by atomic mass is 9.46. The third-order valence-electron chi connectivity index (χ3n) is 2.99. The molecule has 0 aliphatic rings. The molecule has 0 saturated heterocycles. The minimum absolute atomic E-state index is 0.456. The van der Waals surface area contributed by atoms with Crippen LogP contribution in [0.5, 0.6) is 0 Å². The molecule has 0 spiro atoms. The van der Waals surface area contributed by atoms with Gasteiger partial charge in [0.25, 0.3) is 0 Å². The van der Waals surface area contributed by atoms with Gasteiger partial charge in [0, 0.05) is 0 Å². The summed E-state index contributed by atoms with van der Waals surface area (Å²) in [6.07, 6.45) is 4.75. The van der Waals surface area contributed by atoms with Gasteiger partial charge in [0.15, 0.2) is 0 Å².